The molecule has 0 spiro atoms. The van der Waals surface area contributed by atoms with E-state index < -0.39 is 10.1 Å². The van der Waals surface area contributed by atoms with E-state index in [4.69, 9.17) is 4.18 Å². The summed E-state index contributed by atoms with van der Waals surface area (Å²) in [5, 5.41) is 0. The molecule has 0 aromatic rings. The normalized spacial score (nSPS) is 20.2. The summed E-state index contributed by atoms with van der Waals surface area (Å²) in [5.74, 6) is 0.0786. The van der Waals surface area contributed by atoms with Crippen LogP contribution in [-0.4, -0.2) is 20.8 Å². The minimum atomic E-state index is -3.23. The smallest absolute Gasteiger partial charge is 0.267 e. The van der Waals surface area contributed by atoms with Crippen molar-refractivity contribution in [1.29, 1.82) is 0 Å². The van der Waals surface area contributed by atoms with Gasteiger partial charge in [0.1, 0.15) is 0 Å². The zero-order valence-corrected chi connectivity index (χ0v) is 9.19. The van der Waals surface area contributed by atoms with Gasteiger partial charge < -0.3 is 0 Å². The fraction of sp³-hybridized carbons (Fsp3) is 1.00. The highest BCUT2D eigenvalue weighted by molar-refractivity contribution is 7.86. The van der Waals surface area contributed by atoms with Gasteiger partial charge in [0.25, 0.3) is 10.1 Å². The summed E-state index contributed by atoms with van der Waals surface area (Å²) in [6.45, 7) is 4.13. The lowest BCUT2D eigenvalue weighted by Gasteiger charge is -2.13. The molecular weight excluding hydrogens is 188 g/mol. The van der Waals surface area contributed by atoms with E-state index in [2.05, 4.69) is 6.92 Å². The first-order valence-corrected chi connectivity index (χ1v) is 6.48. The fourth-order valence-corrected chi connectivity index (χ4v) is 2.07. The minimum absolute atomic E-state index is 0.0786. The second kappa shape index (κ2) is 3.96. The Morgan fingerprint density at radius 3 is 2.31 bits per heavy atom. The van der Waals surface area contributed by atoms with E-state index in [1.165, 1.54) is 0 Å². The molecule has 78 valence electrons. The molecule has 0 aromatic heterocycles. The Morgan fingerprint density at radius 2 is 1.92 bits per heavy atom. The molecule has 0 N–H and O–H groups in total. The lowest BCUT2D eigenvalue weighted by molar-refractivity contribution is 0.230. The Labute approximate surface area is 80.6 Å². The number of rotatable bonds is 6. The van der Waals surface area contributed by atoms with Crippen LogP contribution in [0.4, 0.5) is 0 Å². The van der Waals surface area contributed by atoms with E-state index in [9.17, 15) is 8.42 Å². The van der Waals surface area contributed by atoms with Gasteiger partial charge in [0.15, 0.2) is 0 Å². The van der Waals surface area contributed by atoms with Crippen LogP contribution in [0.5, 0.6) is 0 Å². The van der Waals surface area contributed by atoms with Crippen LogP contribution in [0.1, 0.15) is 39.5 Å². The van der Waals surface area contributed by atoms with Gasteiger partial charge >= 0.3 is 0 Å². The van der Waals surface area contributed by atoms with Gasteiger partial charge in [-0.05, 0) is 31.6 Å². The van der Waals surface area contributed by atoms with Gasteiger partial charge in [0.05, 0.1) is 12.4 Å². The molecule has 0 aliphatic heterocycles. The first-order chi connectivity index (χ1) is 6.04. The van der Waals surface area contributed by atoms with Crippen LogP contribution >= 0.6 is 0 Å². The van der Waals surface area contributed by atoms with Crippen LogP contribution in [0.15, 0.2) is 0 Å². The highest BCUT2D eigenvalue weighted by Gasteiger charge is 2.42. The molecule has 1 saturated carbocycles. The molecule has 0 radical (unpaired) electrons. The van der Waals surface area contributed by atoms with Gasteiger partial charge in [-0.25, -0.2) is 0 Å². The Morgan fingerprint density at radius 1 is 1.31 bits per heavy atom. The molecular formula is C9H18O3S. The molecule has 4 heteroatoms. The molecule has 0 atom stereocenters. The maximum Gasteiger partial charge on any atom is 0.267 e. The molecule has 1 aliphatic carbocycles. The third-order valence-corrected chi connectivity index (χ3v) is 3.82. The standard InChI is InChI=1S/C9H18O3S/c1-3-5-9(6-7-9)8-12-13(10,11)4-2/h3-8H2,1-2H3. The fourth-order valence-electron chi connectivity index (χ4n) is 1.47. The van der Waals surface area contributed by atoms with E-state index in [0.717, 1.165) is 25.7 Å². The van der Waals surface area contributed by atoms with Crippen molar-refractivity contribution < 1.29 is 12.6 Å². The second-order valence-electron chi connectivity index (χ2n) is 3.86. The van der Waals surface area contributed by atoms with Crippen LogP contribution in [-0.2, 0) is 14.3 Å². The Bertz CT molecular complexity index is 252. The largest absolute Gasteiger partial charge is 0.270 e. The van der Waals surface area contributed by atoms with Crippen molar-refractivity contribution in [2.24, 2.45) is 5.41 Å². The second-order valence-corrected chi connectivity index (χ2v) is 5.79. The summed E-state index contributed by atoms with van der Waals surface area (Å²) in [7, 11) is -3.23. The lowest BCUT2D eigenvalue weighted by atomic mass is 10.0. The van der Waals surface area contributed by atoms with Crippen molar-refractivity contribution in [3.63, 3.8) is 0 Å². The molecule has 0 amide bonds. The SMILES string of the molecule is CCCC1(COS(=O)(=O)CC)CC1. The van der Waals surface area contributed by atoms with Gasteiger partial charge in [-0.1, -0.05) is 13.3 Å². The maximum absolute atomic E-state index is 11.1. The molecule has 0 saturated heterocycles. The maximum atomic E-state index is 11.1. The highest BCUT2D eigenvalue weighted by atomic mass is 32.2. The third kappa shape index (κ3) is 3.27. The molecule has 0 bridgehead atoms. The lowest BCUT2D eigenvalue weighted by Crippen LogP contribution is -2.16. The molecule has 0 unspecified atom stereocenters. The summed E-state index contributed by atoms with van der Waals surface area (Å²) >= 11 is 0. The average molecular weight is 206 g/mol. The zero-order valence-electron chi connectivity index (χ0n) is 8.38. The van der Waals surface area contributed by atoms with E-state index in [1.807, 2.05) is 0 Å². The zero-order chi connectivity index (χ0) is 9.95. The van der Waals surface area contributed by atoms with Crippen molar-refractivity contribution in [2.75, 3.05) is 12.4 Å². The molecule has 3 nitrogen and oxygen atoms in total. The van der Waals surface area contributed by atoms with E-state index in [0.29, 0.717) is 6.61 Å². The van der Waals surface area contributed by atoms with Crippen LogP contribution in [0.25, 0.3) is 0 Å². The van der Waals surface area contributed by atoms with E-state index in [1.54, 1.807) is 6.92 Å². The summed E-state index contributed by atoms with van der Waals surface area (Å²) in [6.07, 6.45) is 4.45. The summed E-state index contributed by atoms with van der Waals surface area (Å²) in [6, 6.07) is 0. The van der Waals surface area contributed by atoms with Crippen LogP contribution < -0.4 is 0 Å². The Balaban J connectivity index is 2.34. The Hall–Kier alpha value is -0.0900. The van der Waals surface area contributed by atoms with Gasteiger partial charge in [0.2, 0.25) is 0 Å². The molecule has 13 heavy (non-hydrogen) atoms. The number of hydrogen-bond donors (Lipinski definition) is 0. The summed E-state index contributed by atoms with van der Waals surface area (Å²) in [4.78, 5) is 0. The average Bonchev–Trinajstić information content (AvgIpc) is 2.84. The van der Waals surface area contributed by atoms with Crippen LogP contribution in [0, 0.1) is 5.41 Å². The quantitative estimate of drug-likeness (QED) is 0.624. The van der Waals surface area contributed by atoms with Crippen molar-refractivity contribution in [1.82, 2.24) is 0 Å². The first kappa shape index (κ1) is 11.0. The van der Waals surface area contributed by atoms with Gasteiger partial charge in [0, 0.05) is 0 Å². The molecule has 1 fully saturated rings. The van der Waals surface area contributed by atoms with E-state index in [-0.39, 0.29) is 11.2 Å². The molecule has 0 aromatic carbocycles. The summed E-state index contributed by atoms with van der Waals surface area (Å²) < 4.78 is 27.0. The topological polar surface area (TPSA) is 43.4 Å². The number of hydrogen-bond acceptors (Lipinski definition) is 3. The molecule has 1 rings (SSSR count). The van der Waals surface area contributed by atoms with Crippen molar-refractivity contribution >= 4 is 10.1 Å². The summed E-state index contributed by atoms with van der Waals surface area (Å²) in [5.41, 5.74) is 0.205. The monoisotopic (exact) mass is 206 g/mol. The molecule has 0 heterocycles. The predicted molar refractivity (Wildman–Crippen MR) is 52.0 cm³/mol. The van der Waals surface area contributed by atoms with Gasteiger partial charge in [-0.15, -0.1) is 0 Å². The van der Waals surface area contributed by atoms with Crippen molar-refractivity contribution in [2.45, 2.75) is 39.5 Å². The van der Waals surface area contributed by atoms with E-state index >= 15 is 0 Å². The molecule has 1 aliphatic rings. The van der Waals surface area contributed by atoms with Crippen LogP contribution in [0.3, 0.4) is 0 Å². The third-order valence-electron chi connectivity index (χ3n) is 2.64. The predicted octanol–water partition coefficient (Wildman–Crippen LogP) is 1.93. The van der Waals surface area contributed by atoms with Crippen molar-refractivity contribution in [3.05, 3.63) is 0 Å². The van der Waals surface area contributed by atoms with Crippen molar-refractivity contribution in [3.8, 4) is 0 Å². The van der Waals surface area contributed by atoms with Crippen LogP contribution in [0.2, 0.25) is 0 Å². The Kier molecular flexibility index (Phi) is 3.35. The first-order valence-electron chi connectivity index (χ1n) is 4.91. The van der Waals surface area contributed by atoms with Gasteiger partial charge in [-0.3, -0.25) is 4.18 Å². The minimum Gasteiger partial charge on any atom is -0.270 e. The highest BCUT2D eigenvalue weighted by Crippen LogP contribution is 2.49. The van der Waals surface area contributed by atoms with Gasteiger partial charge in [-0.2, -0.15) is 8.42 Å².